The molecule has 0 aliphatic rings. The highest BCUT2D eigenvalue weighted by Crippen LogP contribution is 2.21. The molecule has 17 heavy (non-hydrogen) atoms. The molecule has 0 aliphatic heterocycles. The van der Waals surface area contributed by atoms with E-state index in [2.05, 4.69) is 5.10 Å². The second-order valence-corrected chi connectivity index (χ2v) is 6.67. The highest BCUT2D eigenvalue weighted by atomic mass is 32.2. The molecular weight excluding hydrogens is 244 g/mol. The number of sulfone groups is 1. The third-order valence-electron chi connectivity index (χ3n) is 2.58. The summed E-state index contributed by atoms with van der Waals surface area (Å²) in [5, 5.41) is 12.8. The molecule has 1 aromatic rings. The first kappa shape index (κ1) is 13.7. The van der Waals surface area contributed by atoms with Crippen LogP contribution in [-0.2, 0) is 21.2 Å². The number of carboxylic acid groups (broad SMARTS) is 1. The average molecular weight is 260 g/mol. The number of aryl methyl sites for hydroxylation is 1. The topological polar surface area (TPSA) is 89.3 Å². The molecule has 0 saturated carbocycles. The molecule has 1 rings (SSSR count). The van der Waals surface area contributed by atoms with E-state index in [1.54, 1.807) is 13.8 Å². The molecule has 1 aromatic heterocycles. The standard InChI is InChI=1S/C10H16N2O4S/c1-10(2,9(13)14)4-5-12-7-8(6-11-12)17(3,15)16/h6-7H,4-5H2,1-3H3,(H,13,14). The van der Waals surface area contributed by atoms with Crippen LogP contribution >= 0.6 is 0 Å². The molecule has 96 valence electrons. The van der Waals surface area contributed by atoms with Gasteiger partial charge in [0.15, 0.2) is 9.84 Å². The Hall–Kier alpha value is -1.37. The minimum absolute atomic E-state index is 0.144. The van der Waals surface area contributed by atoms with E-state index in [-0.39, 0.29) is 4.90 Å². The summed E-state index contributed by atoms with van der Waals surface area (Å²) in [4.78, 5) is 11.0. The molecular formula is C10H16N2O4S. The van der Waals surface area contributed by atoms with E-state index < -0.39 is 21.2 Å². The minimum atomic E-state index is -3.25. The van der Waals surface area contributed by atoms with E-state index in [1.807, 2.05) is 0 Å². The lowest BCUT2D eigenvalue weighted by Gasteiger charge is -2.18. The van der Waals surface area contributed by atoms with Crippen molar-refractivity contribution in [3.05, 3.63) is 12.4 Å². The third-order valence-corrected chi connectivity index (χ3v) is 3.65. The molecule has 0 saturated heterocycles. The van der Waals surface area contributed by atoms with Gasteiger partial charge in [-0.15, -0.1) is 0 Å². The van der Waals surface area contributed by atoms with E-state index in [1.165, 1.54) is 17.1 Å². The van der Waals surface area contributed by atoms with E-state index in [0.717, 1.165) is 6.26 Å². The van der Waals surface area contributed by atoms with Crippen LogP contribution in [0.4, 0.5) is 0 Å². The summed E-state index contributed by atoms with van der Waals surface area (Å²) < 4.78 is 23.9. The zero-order chi connectivity index (χ0) is 13.3. The Morgan fingerprint density at radius 3 is 2.53 bits per heavy atom. The van der Waals surface area contributed by atoms with Crippen molar-refractivity contribution in [2.75, 3.05) is 6.26 Å². The van der Waals surface area contributed by atoms with Gasteiger partial charge in [0.25, 0.3) is 0 Å². The lowest BCUT2D eigenvalue weighted by Crippen LogP contribution is -2.25. The summed E-state index contributed by atoms with van der Waals surface area (Å²) >= 11 is 0. The second-order valence-electron chi connectivity index (χ2n) is 4.65. The van der Waals surface area contributed by atoms with Crippen LogP contribution in [-0.4, -0.2) is 35.5 Å². The lowest BCUT2D eigenvalue weighted by molar-refractivity contribution is -0.147. The van der Waals surface area contributed by atoms with E-state index in [4.69, 9.17) is 5.11 Å². The Balaban J connectivity index is 2.72. The normalized spacial score (nSPS) is 12.6. The monoisotopic (exact) mass is 260 g/mol. The SMILES string of the molecule is CC(C)(CCn1cc(S(C)(=O)=O)cn1)C(=O)O. The predicted octanol–water partition coefficient (Wildman–Crippen LogP) is 0.787. The van der Waals surface area contributed by atoms with E-state index in [0.29, 0.717) is 13.0 Å². The van der Waals surface area contributed by atoms with Gasteiger partial charge in [-0.1, -0.05) is 0 Å². The summed E-state index contributed by atoms with van der Waals surface area (Å²) in [6.45, 7) is 3.61. The van der Waals surface area contributed by atoms with Crippen LogP contribution in [0.3, 0.4) is 0 Å². The Labute approximate surface area is 100 Å². The van der Waals surface area contributed by atoms with Crippen molar-refractivity contribution in [2.45, 2.75) is 31.7 Å². The summed E-state index contributed by atoms with van der Waals surface area (Å²) in [6, 6.07) is 0. The molecule has 0 spiro atoms. The first-order valence-electron chi connectivity index (χ1n) is 5.09. The maximum absolute atomic E-state index is 11.2. The molecule has 6 nitrogen and oxygen atoms in total. The van der Waals surface area contributed by atoms with Gasteiger partial charge in [0.05, 0.1) is 11.6 Å². The maximum atomic E-state index is 11.2. The molecule has 1 N–H and O–H groups in total. The summed E-state index contributed by atoms with van der Waals surface area (Å²) in [6.07, 6.45) is 4.17. The highest BCUT2D eigenvalue weighted by Gasteiger charge is 2.26. The second kappa shape index (κ2) is 4.48. The Bertz CT molecular complexity index is 516. The number of carboxylic acids is 1. The van der Waals surface area contributed by atoms with Gasteiger partial charge < -0.3 is 5.11 Å². The lowest BCUT2D eigenvalue weighted by atomic mass is 9.90. The molecule has 0 fully saturated rings. The number of nitrogens with zero attached hydrogens (tertiary/aromatic N) is 2. The highest BCUT2D eigenvalue weighted by molar-refractivity contribution is 7.90. The first-order valence-corrected chi connectivity index (χ1v) is 6.98. The zero-order valence-electron chi connectivity index (χ0n) is 10.0. The van der Waals surface area contributed by atoms with Gasteiger partial charge >= 0.3 is 5.97 Å². The average Bonchev–Trinajstić information content (AvgIpc) is 2.62. The van der Waals surface area contributed by atoms with Crippen molar-refractivity contribution >= 4 is 15.8 Å². The number of aliphatic carboxylic acids is 1. The molecule has 0 radical (unpaired) electrons. The number of hydrogen-bond donors (Lipinski definition) is 1. The van der Waals surface area contributed by atoms with Crippen LogP contribution in [0, 0.1) is 5.41 Å². The predicted molar refractivity (Wildman–Crippen MR) is 61.4 cm³/mol. The van der Waals surface area contributed by atoms with Gasteiger partial charge in [0, 0.05) is 19.0 Å². The van der Waals surface area contributed by atoms with Crippen LogP contribution in [0.2, 0.25) is 0 Å². The van der Waals surface area contributed by atoms with Gasteiger partial charge in [0.1, 0.15) is 4.90 Å². The molecule has 0 unspecified atom stereocenters. The van der Waals surface area contributed by atoms with Crippen LogP contribution < -0.4 is 0 Å². The quantitative estimate of drug-likeness (QED) is 0.845. The van der Waals surface area contributed by atoms with Crippen molar-refractivity contribution in [2.24, 2.45) is 5.41 Å². The largest absolute Gasteiger partial charge is 0.481 e. The fourth-order valence-electron chi connectivity index (χ4n) is 1.16. The van der Waals surface area contributed by atoms with Crippen LogP contribution in [0.5, 0.6) is 0 Å². The fourth-order valence-corrected chi connectivity index (χ4v) is 1.71. The van der Waals surface area contributed by atoms with Crippen LogP contribution in [0.1, 0.15) is 20.3 Å². The number of aromatic nitrogens is 2. The van der Waals surface area contributed by atoms with Crippen molar-refractivity contribution in [1.82, 2.24) is 9.78 Å². The number of hydrogen-bond acceptors (Lipinski definition) is 4. The van der Waals surface area contributed by atoms with Gasteiger partial charge in [-0.3, -0.25) is 9.48 Å². The smallest absolute Gasteiger partial charge is 0.309 e. The maximum Gasteiger partial charge on any atom is 0.309 e. The van der Waals surface area contributed by atoms with E-state index in [9.17, 15) is 13.2 Å². The zero-order valence-corrected chi connectivity index (χ0v) is 10.9. The molecule has 0 bridgehead atoms. The van der Waals surface area contributed by atoms with Gasteiger partial charge in [0.2, 0.25) is 0 Å². The Kier molecular flexibility index (Phi) is 3.61. The van der Waals surface area contributed by atoms with Gasteiger partial charge in [-0.05, 0) is 20.3 Å². The fraction of sp³-hybridized carbons (Fsp3) is 0.600. The van der Waals surface area contributed by atoms with Crippen molar-refractivity contribution in [1.29, 1.82) is 0 Å². The van der Waals surface area contributed by atoms with Crippen molar-refractivity contribution < 1.29 is 18.3 Å². The number of carbonyl (C=O) groups is 1. The first-order chi connectivity index (χ1) is 7.63. The summed E-state index contributed by atoms with van der Waals surface area (Å²) in [5.41, 5.74) is -0.850. The van der Waals surface area contributed by atoms with E-state index >= 15 is 0 Å². The van der Waals surface area contributed by atoms with Crippen molar-refractivity contribution in [3.8, 4) is 0 Å². The van der Waals surface area contributed by atoms with Crippen LogP contribution in [0.25, 0.3) is 0 Å². The summed E-state index contributed by atoms with van der Waals surface area (Å²) in [5.74, 6) is -0.881. The Morgan fingerprint density at radius 1 is 1.53 bits per heavy atom. The van der Waals surface area contributed by atoms with Crippen LogP contribution in [0.15, 0.2) is 17.3 Å². The van der Waals surface area contributed by atoms with Gasteiger partial charge in [-0.2, -0.15) is 5.10 Å². The van der Waals surface area contributed by atoms with Gasteiger partial charge in [-0.25, -0.2) is 8.42 Å². The molecule has 1 heterocycles. The minimum Gasteiger partial charge on any atom is -0.481 e. The van der Waals surface area contributed by atoms with Crippen molar-refractivity contribution in [3.63, 3.8) is 0 Å². The summed E-state index contributed by atoms with van der Waals surface area (Å²) in [7, 11) is -3.25. The Morgan fingerprint density at radius 2 is 2.12 bits per heavy atom. The molecule has 0 aromatic carbocycles. The molecule has 0 amide bonds. The molecule has 0 atom stereocenters. The third kappa shape index (κ3) is 3.55. The molecule has 7 heteroatoms. The number of rotatable bonds is 5. The molecule has 0 aliphatic carbocycles.